The molecule has 2 saturated heterocycles. The second kappa shape index (κ2) is 5.15. The van der Waals surface area contributed by atoms with E-state index in [-0.39, 0.29) is 12.0 Å². The van der Waals surface area contributed by atoms with Gasteiger partial charge in [0, 0.05) is 19.6 Å². The predicted octanol–water partition coefficient (Wildman–Crippen LogP) is 0.311. The summed E-state index contributed by atoms with van der Waals surface area (Å²) in [5.41, 5.74) is 0. The molecule has 2 rings (SSSR count). The third-order valence-corrected chi connectivity index (χ3v) is 3.81. The minimum Gasteiger partial charge on any atom is -0.393 e. The van der Waals surface area contributed by atoms with Gasteiger partial charge in [0.25, 0.3) is 0 Å². The highest BCUT2D eigenvalue weighted by atomic mass is 16.3. The highest BCUT2D eigenvalue weighted by Crippen LogP contribution is 2.19. The van der Waals surface area contributed by atoms with Crippen LogP contribution >= 0.6 is 0 Å². The Morgan fingerprint density at radius 3 is 2.62 bits per heavy atom. The van der Waals surface area contributed by atoms with Gasteiger partial charge >= 0.3 is 0 Å². The van der Waals surface area contributed by atoms with Crippen LogP contribution < -0.4 is 0 Å². The van der Waals surface area contributed by atoms with Gasteiger partial charge in [0.2, 0.25) is 5.91 Å². The van der Waals surface area contributed by atoms with Gasteiger partial charge in [-0.05, 0) is 38.6 Å². The van der Waals surface area contributed by atoms with Gasteiger partial charge in [-0.2, -0.15) is 0 Å². The zero-order valence-corrected chi connectivity index (χ0v) is 10.1. The van der Waals surface area contributed by atoms with Gasteiger partial charge in [-0.3, -0.25) is 9.69 Å². The van der Waals surface area contributed by atoms with Crippen LogP contribution in [0.25, 0.3) is 0 Å². The second-order valence-electron chi connectivity index (χ2n) is 5.11. The van der Waals surface area contributed by atoms with E-state index in [9.17, 15) is 9.90 Å². The molecule has 4 nitrogen and oxygen atoms in total. The summed E-state index contributed by atoms with van der Waals surface area (Å²) >= 11 is 0. The largest absolute Gasteiger partial charge is 0.393 e. The lowest BCUT2D eigenvalue weighted by molar-refractivity contribution is -0.131. The molecule has 0 aliphatic carbocycles. The van der Waals surface area contributed by atoms with Crippen LogP contribution in [-0.4, -0.2) is 59.6 Å². The lowest BCUT2D eigenvalue weighted by Crippen LogP contribution is -2.38. The third-order valence-electron chi connectivity index (χ3n) is 3.81. The second-order valence-corrected chi connectivity index (χ2v) is 5.11. The molecule has 1 amide bonds. The zero-order chi connectivity index (χ0) is 11.5. The fourth-order valence-corrected chi connectivity index (χ4v) is 2.66. The van der Waals surface area contributed by atoms with Crippen LogP contribution in [0.4, 0.5) is 0 Å². The first-order valence-corrected chi connectivity index (χ1v) is 6.35. The molecule has 4 heteroatoms. The van der Waals surface area contributed by atoms with E-state index >= 15 is 0 Å². The number of hydrogen-bond donors (Lipinski definition) is 1. The van der Waals surface area contributed by atoms with Crippen molar-refractivity contribution in [3.63, 3.8) is 0 Å². The molecule has 0 bridgehead atoms. The summed E-state index contributed by atoms with van der Waals surface area (Å²) in [5.74, 6) is 0.620. The van der Waals surface area contributed by atoms with E-state index in [1.54, 1.807) is 0 Å². The number of carbonyl (C=O) groups is 1. The Balaban J connectivity index is 1.76. The summed E-state index contributed by atoms with van der Waals surface area (Å²) in [4.78, 5) is 16.0. The Morgan fingerprint density at radius 1 is 1.38 bits per heavy atom. The predicted molar refractivity (Wildman–Crippen MR) is 62.0 cm³/mol. The molecule has 1 N–H and O–H groups in total. The zero-order valence-electron chi connectivity index (χ0n) is 10.1. The number of rotatable bonds is 3. The summed E-state index contributed by atoms with van der Waals surface area (Å²) in [7, 11) is 0. The van der Waals surface area contributed by atoms with Gasteiger partial charge in [-0.1, -0.05) is 0 Å². The average Bonchev–Trinajstić information content (AvgIpc) is 2.87. The van der Waals surface area contributed by atoms with Crippen molar-refractivity contribution < 1.29 is 9.90 Å². The summed E-state index contributed by atoms with van der Waals surface area (Å²) in [6.45, 7) is 6.09. The Kier molecular flexibility index (Phi) is 3.82. The summed E-state index contributed by atoms with van der Waals surface area (Å²) in [6.07, 6.45) is 3.08. The van der Waals surface area contributed by atoms with E-state index < -0.39 is 0 Å². The van der Waals surface area contributed by atoms with Crippen LogP contribution in [0.15, 0.2) is 0 Å². The first-order valence-electron chi connectivity index (χ1n) is 6.35. The normalized spacial score (nSPS) is 28.6. The van der Waals surface area contributed by atoms with Crippen LogP contribution in [0.5, 0.6) is 0 Å². The molecule has 2 unspecified atom stereocenters. The fourth-order valence-electron chi connectivity index (χ4n) is 2.66. The number of amides is 1. The maximum absolute atomic E-state index is 11.9. The van der Waals surface area contributed by atoms with Crippen molar-refractivity contribution in [1.29, 1.82) is 0 Å². The molecule has 2 heterocycles. The van der Waals surface area contributed by atoms with E-state index in [4.69, 9.17) is 0 Å². The lowest BCUT2D eigenvalue weighted by Gasteiger charge is -2.21. The van der Waals surface area contributed by atoms with Crippen molar-refractivity contribution in [2.24, 2.45) is 5.92 Å². The average molecular weight is 226 g/mol. The third kappa shape index (κ3) is 2.74. The number of aliphatic hydroxyl groups excluding tert-OH is 1. The van der Waals surface area contributed by atoms with Gasteiger partial charge in [0.1, 0.15) is 0 Å². The monoisotopic (exact) mass is 226 g/mol. The van der Waals surface area contributed by atoms with E-state index in [0.29, 0.717) is 12.5 Å². The van der Waals surface area contributed by atoms with Crippen LogP contribution in [0.1, 0.15) is 26.2 Å². The van der Waals surface area contributed by atoms with Crippen molar-refractivity contribution in [3.8, 4) is 0 Å². The van der Waals surface area contributed by atoms with Gasteiger partial charge in [0.15, 0.2) is 0 Å². The fraction of sp³-hybridized carbons (Fsp3) is 0.917. The minimum atomic E-state index is -0.244. The van der Waals surface area contributed by atoms with Crippen LogP contribution in [0.2, 0.25) is 0 Å². The smallest absolute Gasteiger partial charge is 0.236 e. The lowest BCUT2D eigenvalue weighted by atomic mass is 10.0. The molecular weight excluding hydrogens is 204 g/mol. The van der Waals surface area contributed by atoms with Gasteiger partial charge in [-0.15, -0.1) is 0 Å². The Morgan fingerprint density at radius 2 is 2.06 bits per heavy atom. The first kappa shape index (κ1) is 11.9. The number of carbonyl (C=O) groups excluding carboxylic acids is 1. The molecule has 0 aromatic carbocycles. The van der Waals surface area contributed by atoms with Crippen molar-refractivity contribution in [2.45, 2.75) is 32.3 Å². The van der Waals surface area contributed by atoms with Crippen molar-refractivity contribution in [3.05, 3.63) is 0 Å². The molecule has 2 atom stereocenters. The van der Waals surface area contributed by atoms with E-state index in [0.717, 1.165) is 45.4 Å². The highest BCUT2D eigenvalue weighted by molar-refractivity contribution is 5.78. The summed E-state index contributed by atoms with van der Waals surface area (Å²) in [6, 6.07) is 0. The number of likely N-dealkylation sites (tertiary alicyclic amines) is 2. The SMILES string of the molecule is CC(O)C1CCN(CC(=O)N2CCCC2)C1. The Hall–Kier alpha value is -0.610. The van der Waals surface area contributed by atoms with Crippen LogP contribution in [0, 0.1) is 5.92 Å². The van der Waals surface area contributed by atoms with Crippen molar-refractivity contribution in [1.82, 2.24) is 9.80 Å². The van der Waals surface area contributed by atoms with E-state index in [2.05, 4.69) is 4.90 Å². The molecule has 2 aliphatic heterocycles. The standard InChI is InChI=1S/C12H22N2O2/c1-10(15)11-4-7-13(8-11)9-12(16)14-5-2-3-6-14/h10-11,15H,2-9H2,1H3. The molecule has 0 radical (unpaired) electrons. The molecule has 0 saturated carbocycles. The Bertz CT molecular complexity index is 249. The maximum atomic E-state index is 11.9. The molecule has 0 aromatic heterocycles. The van der Waals surface area contributed by atoms with Crippen molar-refractivity contribution >= 4 is 5.91 Å². The van der Waals surface area contributed by atoms with Gasteiger partial charge in [-0.25, -0.2) is 0 Å². The first-order chi connectivity index (χ1) is 7.66. The highest BCUT2D eigenvalue weighted by Gasteiger charge is 2.28. The number of hydrogen-bond acceptors (Lipinski definition) is 3. The summed E-state index contributed by atoms with van der Waals surface area (Å²) < 4.78 is 0. The van der Waals surface area contributed by atoms with E-state index in [1.807, 2.05) is 11.8 Å². The number of aliphatic hydroxyl groups is 1. The number of nitrogens with zero attached hydrogens (tertiary/aromatic N) is 2. The molecule has 2 fully saturated rings. The topological polar surface area (TPSA) is 43.8 Å². The molecule has 0 aromatic rings. The minimum absolute atomic E-state index is 0.244. The molecule has 16 heavy (non-hydrogen) atoms. The van der Waals surface area contributed by atoms with Crippen molar-refractivity contribution in [2.75, 3.05) is 32.7 Å². The van der Waals surface area contributed by atoms with Crippen LogP contribution in [-0.2, 0) is 4.79 Å². The molecule has 2 aliphatic rings. The molecule has 92 valence electrons. The van der Waals surface area contributed by atoms with Gasteiger partial charge in [0.05, 0.1) is 12.6 Å². The summed E-state index contributed by atoms with van der Waals surface area (Å²) in [5, 5.41) is 9.49. The molecule has 0 spiro atoms. The van der Waals surface area contributed by atoms with Crippen LogP contribution in [0.3, 0.4) is 0 Å². The van der Waals surface area contributed by atoms with E-state index in [1.165, 1.54) is 0 Å². The quantitative estimate of drug-likeness (QED) is 0.753. The Labute approximate surface area is 97.2 Å². The van der Waals surface area contributed by atoms with Gasteiger partial charge < -0.3 is 10.0 Å². The molecular formula is C12H22N2O2. The maximum Gasteiger partial charge on any atom is 0.236 e.